The molecule has 2 saturated heterocycles. The van der Waals surface area contributed by atoms with Crippen molar-refractivity contribution in [1.82, 2.24) is 15.1 Å². The summed E-state index contributed by atoms with van der Waals surface area (Å²) in [6.07, 6.45) is 9.91. The maximum Gasteiger partial charge on any atom is 0.313 e. The van der Waals surface area contributed by atoms with Gasteiger partial charge in [0.15, 0.2) is 0 Å². The van der Waals surface area contributed by atoms with E-state index < -0.39 is 53.6 Å². The van der Waals surface area contributed by atoms with Crippen LogP contribution in [-0.2, 0) is 28.7 Å². The van der Waals surface area contributed by atoms with E-state index in [2.05, 4.69) is 21.2 Å². The molecular weight excluding hydrogens is 570 g/mol. The average molecular weight is 609 g/mol. The van der Waals surface area contributed by atoms with E-state index in [9.17, 15) is 24.3 Å². The normalized spacial score (nSPS) is 37.8. The summed E-state index contributed by atoms with van der Waals surface area (Å²) >= 11 is 3.54. The first-order valence-corrected chi connectivity index (χ1v) is 14.9. The lowest BCUT2D eigenvalue weighted by Crippen LogP contribution is -2.59. The summed E-state index contributed by atoms with van der Waals surface area (Å²) in [7, 11) is 0. The van der Waals surface area contributed by atoms with Gasteiger partial charge in [0.05, 0.1) is 25.1 Å². The molecule has 3 amide bonds. The number of aliphatic hydroxyl groups excluding tert-OH is 1. The van der Waals surface area contributed by atoms with E-state index >= 15 is 0 Å². The number of fused-ring (bicyclic) bond motifs is 2. The molecule has 7 atom stereocenters. The van der Waals surface area contributed by atoms with E-state index in [0.717, 1.165) is 32.1 Å². The van der Waals surface area contributed by atoms with Gasteiger partial charge in [-0.25, -0.2) is 0 Å². The summed E-state index contributed by atoms with van der Waals surface area (Å²) in [5.41, 5.74) is -1.35. The maximum atomic E-state index is 14.6. The van der Waals surface area contributed by atoms with Gasteiger partial charge in [0.25, 0.3) is 0 Å². The number of allylic oxidation sites excluding steroid dienone is 1. The topological polar surface area (TPSA) is 125 Å². The first kappa shape index (κ1) is 28.3. The van der Waals surface area contributed by atoms with Crippen LogP contribution < -0.4 is 5.32 Å². The number of ether oxygens (including phenoxy) is 2. The first-order valence-electron chi connectivity index (χ1n) is 14.1. The van der Waals surface area contributed by atoms with Crippen molar-refractivity contribution in [3.63, 3.8) is 0 Å². The van der Waals surface area contributed by atoms with Crippen molar-refractivity contribution in [3.05, 3.63) is 22.7 Å². The highest BCUT2D eigenvalue weighted by molar-refractivity contribution is 9.11. The van der Waals surface area contributed by atoms with Crippen LogP contribution in [-0.4, -0.2) is 94.2 Å². The molecule has 0 aromatic heterocycles. The summed E-state index contributed by atoms with van der Waals surface area (Å²) in [5, 5.41) is 12.9. The van der Waals surface area contributed by atoms with Crippen LogP contribution in [0.2, 0.25) is 0 Å². The molecule has 0 radical (unpaired) electrons. The standard InChI is InChI=1S/C28H38BrN3O7/c1-16(15-33)32-24-26(36)31(18-9-5-3-6-10-18)12-8-4-7-11-20(34)30-14-17(2)38-27(37)21-22(25(32)35)28(24)13-19(29)23(21)39-28/h4,8,13,16-18,21-24,33H,3,5-7,9-12,14-15H2,1-2H3,(H,30,34)/b8-4-/t16-,17-,21+,22-,23+,24+,28-/m1/s1. The molecule has 10 nitrogen and oxygen atoms in total. The van der Waals surface area contributed by atoms with Crippen molar-refractivity contribution in [2.75, 3.05) is 19.7 Å². The summed E-state index contributed by atoms with van der Waals surface area (Å²) in [6, 6.07) is -1.67. The second-order valence-corrected chi connectivity index (χ2v) is 12.4. The van der Waals surface area contributed by atoms with Crippen LogP contribution in [0, 0.1) is 11.8 Å². The van der Waals surface area contributed by atoms with E-state index in [-0.39, 0.29) is 37.4 Å². The third-order valence-electron chi connectivity index (χ3n) is 8.82. The fourth-order valence-electron chi connectivity index (χ4n) is 6.92. The zero-order valence-corrected chi connectivity index (χ0v) is 24.1. The van der Waals surface area contributed by atoms with Gasteiger partial charge in [0.2, 0.25) is 17.7 Å². The van der Waals surface area contributed by atoms with Crippen molar-refractivity contribution in [2.45, 2.75) is 94.7 Å². The van der Waals surface area contributed by atoms with Crippen LogP contribution in [0.1, 0.15) is 58.8 Å². The van der Waals surface area contributed by atoms with Crippen LogP contribution in [0.25, 0.3) is 0 Å². The molecule has 214 valence electrons. The maximum absolute atomic E-state index is 14.6. The number of nitrogens with zero attached hydrogens (tertiary/aromatic N) is 2. The quantitative estimate of drug-likeness (QED) is 0.370. The van der Waals surface area contributed by atoms with E-state index in [0.29, 0.717) is 17.4 Å². The number of hydrogen-bond donors (Lipinski definition) is 2. The number of aliphatic hydroxyl groups is 1. The van der Waals surface area contributed by atoms with Crippen LogP contribution >= 0.6 is 15.9 Å². The zero-order valence-electron chi connectivity index (χ0n) is 22.5. The first-order chi connectivity index (χ1) is 18.7. The molecule has 4 aliphatic heterocycles. The van der Waals surface area contributed by atoms with E-state index in [1.165, 1.54) is 4.90 Å². The SMILES string of the molecule is C[C@@H]1CNC(=O)CC/C=C\CN(C2CCCCC2)C(=O)[C@@H]2N([C@H](C)CO)C(=O)[C@H]3[C@H](C(=O)O1)[C@H]1O[C@@]23C=C1Br. The van der Waals surface area contributed by atoms with E-state index in [1.54, 1.807) is 19.9 Å². The lowest BCUT2D eigenvalue weighted by atomic mass is 9.74. The van der Waals surface area contributed by atoms with Gasteiger partial charge in [-0.3, -0.25) is 19.2 Å². The minimum Gasteiger partial charge on any atom is -0.460 e. The smallest absolute Gasteiger partial charge is 0.313 e. The Labute approximate surface area is 237 Å². The Hall–Kier alpha value is -2.24. The average Bonchev–Trinajstić information content (AvgIpc) is 3.52. The largest absolute Gasteiger partial charge is 0.460 e. The molecule has 1 spiro atoms. The number of esters is 1. The van der Waals surface area contributed by atoms with Gasteiger partial charge >= 0.3 is 5.97 Å². The minimum atomic E-state index is -1.35. The zero-order chi connectivity index (χ0) is 27.9. The molecule has 4 heterocycles. The van der Waals surface area contributed by atoms with Gasteiger partial charge in [0.1, 0.15) is 29.8 Å². The molecule has 5 aliphatic rings. The molecule has 0 unspecified atom stereocenters. The second kappa shape index (κ2) is 11.3. The number of rotatable bonds is 3. The Balaban J connectivity index is 1.59. The minimum absolute atomic E-state index is 0.00533. The van der Waals surface area contributed by atoms with Crippen LogP contribution in [0.4, 0.5) is 0 Å². The molecule has 39 heavy (non-hydrogen) atoms. The molecule has 0 aromatic rings. The number of carbonyl (C=O) groups is 4. The summed E-state index contributed by atoms with van der Waals surface area (Å²) in [5.74, 6) is -3.31. The van der Waals surface area contributed by atoms with Gasteiger partial charge in [-0.15, -0.1) is 0 Å². The predicted octanol–water partition coefficient (Wildman–Crippen LogP) is 1.80. The van der Waals surface area contributed by atoms with E-state index in [4.69, 9.17) is 9.47 Å². The van der Waals surface area contributed by atoms with Crippen LogP contribution in [0.5, 0.6) is 0 Å². The third kappa shape index (κ3) is 4.95. The Kier molecular flexibility index (Phi) is 8.22. The summed E-state index contributed by atoms with van der Waals surface area (Å²) in [6.45, 7) is 3.55. The second-order valence-electron chi connectivity index (χ2n) is 11.4. The Morgan fingerprint density at radius 1 is 1.15 bits per heavy atom. The van der Waals surface area contributed by atoms with Gasteiger partial charge in [-0.1, -0.05) is 47.3 Å². The van der Waals surface area contributed by atoms with Gasteiger partial charge in [0, 0.05) is 23.5 Å². The highest BCUT2D eigenvalue weighted by Gasteiger charge is 2.75. The molecule has 5 rings (SSSR count). The Morgan fingerprint density at radius 3 is 2.62 bits per heavy atom. The van der Waals surface area contributed by atoms with Gasteiger partial charge < -0.3 is 29.7 Å². The molecular formula is C28H38BrN3O7. The van der Waals surface area contributed by atoms with Crippen molar-refractivity contribution < 1.29 is 33.8 Å². The Bertz CT molecular complexity index is 1070. The molecule has 2 N–H and O–H groups in total. The Morgan fingerprint density at radius 2 is 1.90 bits per heavy atom. The number of halogens is 1. The predicted molar refractivity (Wildman–Crippen MR) is 144 cm³/mol. The highest BCUT2D eigenvalue weighted by atomic mass is 79.9. The summed E-state index contributed by atoms with van der Waals surface area (Å²) < 4.78 is 12.8. The molecule has 0 aromatic carbocycles. The lowest BCUT2D eigenvalue weighted by Gasteiger charge is -2.41. The lowest BCUT2D eigenvalue weighted by molar-refractivity contribution is -0.159. The van der Waals surface area contributed by atoms with Gasteiger partial charge in [-0.2, -0.15) is 0 Å². The van der Waals surface area contributed by atoms with E-state index in [1.807, 2.05) is 17.1 Å². The number of amides is 3. The molecule has 3 fully saturated rings. The molecule has 5 bridgehead atoms. The molecule has 1 saturated carbocycles. The number of carbonyl (C=O) groups excluding carboxylic acids is 4. The third-order valence-corrected chi connectivity index (χ3v) is 9.50. The molecule has 1 aliphatic carbocycles. The van der Waals surface area contributed by atoms with Crippen molar-refractivity contribution in [3.8, 4) is 0 Å². The summed E-state index contributed by atoms with van der Waals surface area (Å²) in [4.78, 5) is 57.8. The van der Waals surface area contributed by atoms with Crippen molar-refractivity contribution in [1.29, 1.82) is 0 Å². The number of cyclic esters (lactones) is 1. The van der Waals surface area contributed by atoms with Crippen molar-refractivity contribution in [2.24, 2.45) is 11.8 Å². The van der Waals surface area contributed by atoms with Crippen LogP contribution in [0.15, 0.2) is 22.7 Å². The number of hydrogen-bond acceptors (Lipinski definition) is 7. The number of nitrogens with one attached hydrogen (secondary N) is 1. The van der Waals surface area contributed by atoms with Gasteiger partial charge in [-0.05, 0) is 39.2 Å². The highest BCUT2D eigenvalue weighted by Crippen LogP contribution is 2.59. The molecule has 11 heteroatoms. The van der Waals surface area contributed by atoms with Crippen molar-refractivity contribution >= 4 is 39.6 Å². The van der Waals surface area contributed by atoms with Crippen LogP contribution in [0.3, 0.4) is 0 Å². The number of likely N-dealkylation sites (tertiary alicyclic amines) is 1. The fraction of sp³-hybridized carbons (Fsp3) is 0.714. The monoisotopic (exact) mass is 607 g/mol. The fourth-order valence-corrected chi connectivity index (χ4v) is 7.66.